The summed E-state index contributed by atoms with van der Waals surface area (Å²) in [6, 6.07) is 7.49. The van der Waals surface area contributed by atoms with Crippen LogP contribution in [0, 0.1) is 6.92 Å². The summed E-state index contributed by atoms with van der Waals surface area (Å²) in [4.78, 5) is 13.3. The summed E-state index contributed by atoms with van der Waals surface area (Å²) < 4.78 is 0. The number of rotatable bonds is 1. The molecule has 4 heteroatoms. The smallest absolute Gasteiger partial charge is 0.258 e. The Balaban J connectivity index is 2.48. The molecule has 0 saturated heterocycles. The number of hydrogen-bond acceptors (Lipinski definition) is 3. The van der Waals surface area contributed by atoms with E-state index in [2.05, 4.69) is 5.32 Å². The Morgan fingerprint density at radius 1 is 1.31 bits per heavy atom. The molecule has 0 atom stereocenters. The van der Waals surface area contributed by atoms with Gasteiger partial charge in [-0.25, -0.2) is 0 Å². The average molecular weight is 218 g/mol. The highest BCUT2D eigenvalue weighted by molar-refractivity contribution is 6.20. The second-order valence-electron chi connectivity index (χ2n) is 3.93. The highest BCUT2D eigenvalue weighted by Crippen LogP contribution is 2.22. The summed E-state index contributed by atoms with van der Waals surface area (Å²) in [6.07, 6.45) is 0. The Bertz CT molecular complexity index is 449. The highest BCUT2D eigenvalue weighted by Gasteiger charge is 2.24. The van der Waals surface area contributed by atoms with E-state index < -0.39 is 0 Å². The van der Waals surface area contributed by atoms with Crippen LogP contribution in [0.15, 0.2) is 30.1 Å². The quantitative estimate of drug-likeness (QED) is 0.745. The molecule has 1 heterocycles. The number of amides is 1. The topological polar surface area (TPSA) is 52.6 Å². The van der Waals surface area contributed by atoms with Crippen molar-refractivity contribution in [2.24, 2.45) is 0 Å². The molecule has 1 amide bonds. The van der Waals surface area contributed by atoms with Gasteiger partial charge in [-0.15, -0.1) is 0 Å². The second-order valence-corrected chi connectivity index (χ2v) is 3.93. The fourth-order valence-electron chi connectivity index (χ4n) is 1.63. The van der Waals surface area contributed by atoms with Crippen LogP contribution in [0.3, 0.4) is 0 Å². The van der Waals surface area contributed by atoms with Gasteiger partial charge in [0.2, 0.25) is 5.88 Å². The van der Waals surface area contributed by atoms with Crippen molar-refractivity contribution >= 4 is 11.5 Å². The van der Waals surface area contributed by atoms with Crippen molar-refractivity contribution in [3.8, 4) is 0 Å². The Hall–Kier alpha value is -1.97. The minimum absolute atomic E-state index is 0.0209. The molecule has 1 aliphatic rings. The molecule has 4 nitrogen and oxygen atoms in total. The van der Waals surface area contributed by atoms with E-state index in [1.807, 2.05) is 31.2 Å². The fourth-order valence-corrected chi connectivity index (χ4v) is 1.63. The van der Waals surface area contributed by atoms with Crippen LogP contribution in [-0.2, 0) is 4.79 Å². The van der Waals surface area contributed by atoms with Crippen molar-refractivity contribution in [1.29, 1.82) is 0 Å². The van der Waals surface area contributed by atoms with E-state index in [0.717, 1.165) is 11.1 Å². The van der Waals surface area contributed by atoms with Gasteiger partial charge < -0.3 is 15.3 Å². The normalized spacial score (nSPS) is 16.4. The minimum atomic E-state index is -0.237. The molecular weight excluding hydrogens is 204 g/mol. The molecule has 1 aromatic rings. The summed E-state index contributed by atoms with van der Waals surface area (Å²) in [6.45, 7) is 2.31. The lowest BCUT2D eigenvalue weighted by atomic mass is 10.0. The zero-order valence-corrected chi connectivity index (χ0v) is 9.32. The number of carbonyl (C=O) groups is 1. The van der Waals surface area contributed by atoms with E-state index in [9.17, 15) is 9.90 Å². The molecule has 0 saturated carbocycles. The fraction of sp³-hybridized carbons (Fsp3) is 0.250. The molecule has 84 valence electrons. The van der Waals surface area contributed by atoms with Crippen LogP contribution in [0.2, 0.25) is 0 Å². The molecule has 1 aromatic carbocycles. The van der Waals surface area contributed by atoms with Gasteiger partial charge >= 0.3 is 0 Å². The zero-order chi connectivity index (χ0) is 11.7. The van der Waals surface area contributed by atoms with Crippen molar-refractivity contribution in [1.82, 2.24) is 10.2 Å². The van der Waals surface area contributed by atoms with Crippen LogP contribution in [-0.4, -0.2) is 29.6 Å². The van der Waals surface area contributed by atoms with Gasteiger partial charge in [0.05, 0.1) is 6.67 Å². The third-order valence-electron chi connectivity index (χ3n) is 2.63. The number of nitrogens with zero attached hydrogens (tertiary/aromatic N) is 1. The number of carbonyl (C=O) groups excluding carboxylic acids is 1. The number of aryl methyl sites for hydroxylation is 1. The molecule has 0 aromatic heterocycles. The molecule has 0 spiro atoms. The van der Waals surface area contributed by atoms with E-state index in [4.69, 9.17) is 0 Å². The molecule has 0 bridgehead atoms. The average Bonchev–Trinajstić information content (AvgIpc) is 2.27. The molecule has 2 N–H and O–H groups in total. The molecular formula is C12H14N2O2. The Morgan fingerprint density at radius 3 is 2.56 bits per heavy atom. The van der Waals surface area contributed by atoms with Gasteiger partial charge in [-0.2, -0.15) is 0 Å². The number of aliphatic hydroxyl groups is 1. The first-order chi connectivity index (χ1) is 7.59. The lowest BCUT2D eigenvalue weighted by Gasteiger charge is -2.26. The first-order valence-corrected chi connectivity index (χ1v) is 5.09. The predicted octanol–water partition coefficient (Wildman–Crippen LogP) is 1.24. The maximum atomic E-state index is 11.7. The van der Waals surface area contributed by atoms with Crippen molar-refractivity contribution < 1.29 is 9.90 Å². The van der Waals surface area contributed by atoms with Gasteiger partial charge in [0.1, 0.15) is 5.57 Å². The van der Waals surface area contributed by atoms with Crippen LogP contribution >= 0.6 is 0 Å². The zero-order valence-electron chi connectivity index (χ0n) is 9.32. The van der Waals surface area contributed by atoms with Crippen LogP contribution in [0.5, 0.6) is 0 Å². The van der Waals surface area contributed by atoms with Gasteiger partial charge in [-0.1, -0.05) is 29.8 Å². The van der Waals surface area contributed by atoms with E-state index >= 15 is 0 Å². The number of nitrogens with one attached hydrogen (secondary N) is 1. The minimum Gasteiger partial charge on any atom is -0.494 e. The van der Waals surface area contributed by atoms with Gasteiger partial charge in [-0.3, -0.25) is 4.79 Å². The van der Waals surface area contributed by atoms with Crippen molar-refractivity contribution in [3.63, 3.8) is 0 Å². The van der Waals surface area contributed by atoms with E-state index in [1.54, 1.807) is 11.9 Å². The van der Waals surface area contributed by atoms with Gasteiger partial charge in [0.15, 0.2) is 0 Å². The number of hydrogen-bond donors (Lipinski definition) is 2. The van der Waals surface area contributed by atoms with Crippen molar-refractivity contribution in [2.75, 3.05) is 13.7 Å². The number of aliphatic hydroxyl groups excluding tert-OH is 1. The first kappa shape index (κ1) is 10.5. The van der Waals surface area contributed by atoms with E-state index in [0.29, 0.717) is 12.2 Å². The molecule has 2 rings (SSSR count). The summed E-state index contributed by atoms with van der Waals surface area (Å²) in [5, 5.41) is 12.6. The lowest BCUT2D eigenvalue weighted by Crippen LogP contribution is -2.41. The third-order valence-corrected chi connectivity index (χ3v) is 2.63. The van der Waals surface area contributed by atoms with Crippen LogP contribution < -0.4 is 5.32 Å². The van der Waals surface area contributed by atoms with Gasteiger partial charge in [0, 0.05) is 7.05 Å². The summed E-state index contributed by atoms with van der Waals surface area (Å²) in [5.74, 6) is -0.216. The maximum Gasteiger partial charge on any atom is 0.258 e. The second kappa shape index (κ2) is 3.89. The molecule has 16 heavy (non-hydrogen) atoms. The lowest BCUT2D eigenvalue weighted by molar-refractivity contribution is -0.117. The largest absolute Gasteiger partial charge is 0.494 e. The molecule has 0 unspecified atom stereocenters. The third kappa shape index (κ3) is 1.74. The molecule has 0 radical (unpaired) electrons. The van der Waals surface area contributed by atoms with Gasteiger partial charge in [0.25, 0.3) is 5.91 Å². The van der Waals surface area contributed by atoms with E-state index in [-0.39, 0.29) is 11.8 Å². The SMILES string of the molecule is Cc1ccc(C2=C(O)N(C)CNC2=O)cc1. The number of benzene rings is 1. The first-order valence-electron chi connectivity index (χ1n) is 5.09. The van der Waals surface area contributed by atoms with Crippen LogP contribution in [0.25, 0.3) is 5.57 Å². The summed E-state index contributed by atoms with van der Waals surface area (Å²) >= 11 is 0. The predicted molar refractivity (Wildman–Crippen MR) is 61.5 cm³/mol. The van der Waals surface area contributed by atoms with E-state index in [1.165, 1.54) is 0 Å². The van der Waals surface area contributed by atoms with Gasteiger partial charge in [-0.05, 0) is 12.5 Å². The van der Waals surface area contributed by atoms with Crippen LogP contribution in [0.1, 0.15) is 11.1 Å². The standard InChI is InChI=1S/C12H14N2O2/c1-8-3-5-9(6-4-8)10-11(15)13-7-14(2)12(10)16/h3-6,16H,7H2,1-2H3,(H,13,15). The Kier molecular flexibility index (Phi) is 2.56. The molecule has 1 aliphatic heterocycles. The Morgan fingerprint density at radius 2 is 1.94 bits per heavy atom. The highest BCUT2D eigenvalue weighted by atomic mass is 16.3. The monoisotopic (exact) mass is 218 g/mol. The van der Waals surface area contributed by atoms with Crippen LogP contribution in [0.4, 0.5) is 0 Å². The molecule has 0 aliphatic carbocycles. The van der Waals surface area contributed by atoms with Crippen molar-refractivity contribution in [2.45, 2.75) is 6.92 Å². The Labute approximate surface area is 94.2 Å². The van der Waals surface area contributed by atoms with Crippen molar-refractivity contribution in [3.05, 3.63) is 41.3 Å². The summed E-state index contributed by atoms with van der Waals surface area (Å²) in [7, 11) is 1.73. The summed E-state index contributed by atoms with van der Waals surface area (Å²) in [5.41, 5.74) is 2.18. The molecule has 0 fully saturated rings. The maximum absolute atomic E-state index is 11.7.